The van der Waals surface area contributed by atoms with Crippen molar-refractivity contribution in [1.82, 2.24) is 5.16 Å². The van der Waals surface area contributed by atoms with Gasteiger partial charge in [-0.05, 0) is 29.5 Å². The summed E-state index contributed by atoms with van der Waals surface area (Å²) in [6, 6.07) is 5.02. The molecular formula is C15H17F3N2O. The molecule has 0 aliphatic rings. The van der Waals surface area contributed by atoms with Crippen molar-refractivity contribution in [3.05, 3.63) is 35.5 Å². The third-order valence-corrected chi connectivity index (χ3v) is 2.97. The third-order valence-electron chi connectivity index (χ3n) is 2.97. The number of alkyl halides is 3. The molecule has 1 aromatic carbocycles. The van der Waals surface area contributed by atoms with Crippen molar-refractivity contribution in [1.29, 1.82) is 0 Å². The first-order chi connectivity index (χ1) is 9.58. The average molecular weight is 298 g/mol. The summed E-state index contributed by atoms with van der Waals surface area (Å²) in [5.74, 6) is 0.0357. The third kappa shape index (κ3) is 3.56. The minimum atomic E-state index is -4.40. The van der Waals surface area contributed by atoms with E-state index in [4.69, 9.17) is 10.3 Å². The number of hydrogen-bond donors (Lipinski definition) is 1. The van der Waals surface area contributed by atoms with E-state index in [9.17, 15) is 13.2 Å². The number of nitrogens with two attached hydrogens (primary N) is 1. The van der Waals surface area contributed by atoms with Gasteiger partial charge in [-0.25, -0.2) is 0 Å². The second-order valence-electron chi connectivity index (χ2n) is 6.18. The van der Waals surface area contributed by atoms with Crippen molar-refractivity contribution < 1.29 is 17.7 Å². The van der Waals surface area contributed by atoms with E-state index in [1.807, 2.05) is 20.8 Å². The molecule has 114 valence electrons. The highest BCUT2D eigenvalue weighted by Crippen LogP contribution is 2.37. The summed E-state index contributed by atoms with van der Waals surface area (Å²) in [6.07, 6.45) is -3.84. The van der Waals surface area contributed by atoms with Crippen molar-refractivity contribution in [2.75, 3.05) is 5.73 Å². The summed E-state index contributed by atoms with van der Waals surface area (Å²) < 4.78 is 43.4. The van der Waals surface area contributed by atoms with E-state index < -0.39 is 11.7 Å². The van der Waals surface area contributed by atoms with Crippen LogP contribution < -0.4 is 5.73 Å². The van der Waals surface area contributed by atoms with Gasteiger partial charge in [-0.3, -0.25) is 0 Å². The Bertz CT molecular complexity index is 639. The Labute approximate surface area is 120 Å². The fraction of sp³-hybridized carbons (Fsp3) is 0.400. The quantitative estimate of drug-likeness (QED) is 0.886. The molecule has 0 amide bonds. The molecule has 1 heterocycles. The first kappa shape index (κ1) is 15.4. The van der Waals surface area contributed by atoms with Crippen LogP contribution in [0.25, 0.3) is 11.1 Å². The van der Waals surface area contributed by atoms with Crippen molar-refractivity contribution >= 4 is 5.88 Å². The van der Waals surface area contributed by atoms with Gasteiger partial charge in [0.1, 0.15) is 0 Å². The van der Waals surface area contributed by atoms with Crippen molar-refractivity contribution in [3.63, 3.8) is 0 Å². The summed E-state index contributed by atoms with van der Waals surface area (Å²) in [5.41, 5.74) is 6.31. The highest BCUT2D eigenvalue weighted by molar-refractivity contribution is 5.75. The lowest BCUT2D eigenvalue weighted by molar-refractivity contribution is -0.137. The second-order valence-corrected chi connectivity index (χ2v) is 6.18. The molecule has 0 radical (unpaired) electrons. The van der Waals surface area contributed by atoms with Gasteiger partial charge in [-0.15, -0.1) is 0 Å². The monoisotopic (exact) mass is 298 g/mol. The molecule has 6 heteroatoms. The van der Waals surface area contributed by atoms with Gasteiger partial charge in [0.2, 0.25) is 5.88 Å². The standard InChI is InChI=1S/C15H17F3N2O/c1-14(2,3)8-11-12(13(19)21-20-11)9-5-4-6-10(7-9)15(16,17)18/h4-7H,8,19H2,1-3H3. The summed E-state index contributed by atoms with van der Waals surface area (Å²) in [4.78, 5) is 0. The number of nitrogens with zero attached hydrogens (tertiary/aromatic N) is 1. The minimum absolute atomic E-state index is 0.0357. The Morgan fingerprint density at radius 1 is 1.19 bits per heavy atom. The maximum absolute atomic E-state index is 12.8. The molecule has 21 heavy (non-hydrogen) atoms. The fourth-order valence-electron chi connectivity index (χ4n) is 2.12. The number of anilines is 1. The molecule has 0 fully saturated rings. The van der Waals surface area contributed by atoms with E-state index in [2.05, 4.69) is 5.16 Å². The molecular weight excluding hydrogens is 281 g/mol. The SMILES string of the molecule is CC(C)(C)Cc1noc(N)c1-c1cccc(C(F)(F)F)c1. The van der Waals surface area contributed by atoms with E-state index in [0.29, 0.717) is 23.2 Å². The molecule has 0 saturated carbocycles. The van der Waals surface area contributed by atoms with Crippen LogP contribution in [0.15, 0.2) is 28.8 Å². The summed E-state index contributed by atoms with van der Waals surface area (Å²) in [5, 5.41) is 3.89. The van der Waals surface area contributed by atoms with Gasteiger partial charge in [0.15, 0.2) is 0 Å². The number of nitrogen functional groups attached to an aromatic ring is 1. The van der Waals surface area contributed by atoms with Crippen LogP contribution in [0.4, 0.5) is 19.1 Å². The number of rotatable bonds is 2. The van der Waals surface area contributed by atoms with Gasteiger partial charge in [0.05, 0.1) is 16.8 Å². The molecule has 0 saturated heterocycles. The van der Waals surface area contributed by atoms with Gasteiger partial charge in [-0.1, -0.05) is 38.1 Å². The summed E-state index contributed by atoms with van der Waals surface area (Å²) in [6.45, 7) is 6.02. The lowest BCUT2D eigenvalue weighted by Gasteiger charge is -2.17. The molecule has 0 atom stereocenters. The zero-order chi connectivity index (χ0) is 15.8. The Hall–Kier alpha value is -1.98. The molecule has 0 aliphatic heterocycles. The van der Waals surface area contributed by atoms with E-state index in [-0.39, 0.29) is 11.3 Å². The molecule has 2 rings (SSSR count). The summed E-state index contributed by atoms with van der Waals surface area (Å²) in [7, 11) is 0. The lowest BCUT2D eigenvalue weighted by atomic mass is 9.88. The molecule has 2 N–H and O–H groups in total. The molecule has 1 aromatic heterocycles. The van der Waals surface area contributed by atoms with Crippen LogP contribution in [0.3, 0.4) is 0 Å². The fourth-order valence-corrected chi connectivity index (χ4v) is 2.12. The topological polar surface area (TPSA) is 52.0 Å². The number of benzene rings is 1. The summed E-state index contributed by atoms with van der Waals surface area (Å²) >= 11 is 0. The van der Waals surface area contributed by atoms with Crippen LogP contribution in [0, 0.1) is 5.41 Å². The largest absolute Gasteiger partial charge is 0.416 e. The van der Waals surface area contributed by atoms with E-state index >= 15 is 0 Å². The predicted octanol–water partition coefficient (Wildman–Crippen LogP) is 4.53. The highest BCUT2D eigenvalue weighted by Gasteiger charge is 2.31. The lowest BCUT2D eigenvalue weighted by Crippen LogP contribution is -2.10. The highest BCUT2D eigenvalue weighted by atomic mass is 19.4. The van der Waals surface area contributed by atoms with Crippen LogP contribution >= 0.6 is 0 Å². The van der Waals surface area contributed by atoms with Crippen molar-refractivity contribution in [2.45, 2.75) is 33.4 Å². The molecule has 0 bridgehead atoms. The molecule has 0 unspecified atom stereocenters. The van der Waals surface area contributed by atoms with Gasteiger partial charge < -0.3 is 10.3 Å². The van der Waals surface area contributed by atoms with Crippen LogP contribution in [0.2, 0.25) is 0 Å². The molecule has 0 aliphatic carbocycles. The Kier molecular flexibility index (Phi) is 3.74. The molecule has 2 aromatic rings. The van der Waals surface area contributed by atoms with Crippen LogP contribution in [-0.4, -0.2) is 5.16 Å². The second kappa shape index (κ2) is 5.09. The molecule has 3 nitrogen and oxygen atoms in total. The van der Waals surface area contributed by atoms with E-state index in [0.717, 1.165) is 12.1 Å². The van der Waals surface area contributed by atoms with Gasteiger partial charge in [0, 0.05) is 0 Å². The maximum Gasteiger partial charge on any atom is 0.416 e. The van der Waals surface area contributed by atoms with Gasteiger partial charge in [-0.2, -0.15) is 13.2 Å². The van der Waals surface area contributed by atoms with E-state index in [1.165, 1.54) is 6.07 Å². The number of hydrogen-bond acceptors (Lipinski definition) is 3. The van der Waals surface area contributed by atoms with Crippen molar-refractivity contribution in [2.24, 2.45) is 5.41 Å². The Morgan fingerprint density at radius 3 is 2.43 bits per heavy atom. The van der Waals surface area contributed by atoms with Crippen molar-refractivity contribution in [3.8, 4) is 11.1 Å². The Balaban J connectivity index is 2.50. The van der Waals surface area contributed by atoms with Crippen LogP contribution in [0.5, 0.6) is 0 Å². The number of aromatic nitrogens is 1. The smallest absolute Gasteiger partial charge is 0.367 e. The predicted molar refractivity (Wildman–Crippen MR) is 74.5 cm³/mol. The first-order valence-electron chi connectivity index (χ1n) is 6.49. The zero-order valence-electron chi connectivity index (χ0n) is 12.1. The first-order valence-corrected chi connectivity index (χ1v) is 6.49. The normalized spacial score (nSPS) is 12.7. The minimum Gasteiger partial charge on any atom is -0.367 e. The van der Waals surface area contributed by atoms with E-state index in [1.54, 1.807) is 6.07 Å². The molecule has 0 spiro atoms. The Morgan fingerprint density at radius 2 is 1.86 bits per heavy atom. The number of halogens is 3. The van der Waals surface area contributed by atoms with Crippen LogP contribution in [-0.2, 0) is 12.6 Å². The zero-order valence-corrected chi connectivity index (χ0v) is 12.1. The van der Waals surface area contributed by atoms with Gasteiger partial charge >= 0.3 is 6.18 Å². The van der Waals surface area contributed by atoms with Crippen LogP contribution in [0.1, 0.15) is 32.0 Å². The van der Waals surface area contributed by atoms with Gasteiger partial charge in [0.25, 0.3) is 0 Å². The maximum atomic E-state index is 12.8. The average Bonchev–Trinajstić information content (AvgIpc) is 2.67.